The molecule has 1 aromatic heterocycles. The van der Waals surface area contributed by atoms with Crippen molar-refractivity contribution in [3.05, 3.63) is 36.5 Å². The van der Waals surface area contributed by atoms with Crippen molar-refractivity contribution in [2.45, 2.75) is 6.54 Å². The Hall–Kier alpha value is -1.81. The summed E-state index contributed by atoms with van der Waals surface area (Å²) < 4.78 is 1.60. The number of aromatic nitrogens is 2. The van der Waals surface area contributed by atoms with Gasteiger partial charge in [0.15, 0.2) is 0 Å². The molecule has 0 bridgehead atoms. The van der Waals surface area contributed by atoms with Crippen LogP contribution >= 0.6 is 0 Å². The zero-order valence-electron chi connectivity index (χ0n) is 8.30. The maximum atomic E-state index is 8.81. The Morgan fingerprint density at radius 1 is 1.27 bits per heavy atom. The molecule has 15 heavy (non-hydrogen) atoms. The maximum absolute atomic E-state index is 8.81. The second-order valence-electron chi connectivity index (χ2n) is 3.26. The minimum absolute atomic E-state index is 0.0418. The van der Waals surface area contributed by atoms with Gasteiger partial charge in [0, 0.05) is 5.56 Å². The zero-order valence-corrected chi connectivity index (χ0v) is 8.30. The van der Waals surface area contributed by atoms with E-state index < -0.39 is 0 Å². The van der Waals surface area contributed by atoms with E-state index in [1.165, 1.54) is 0 Å². The monoisotopic (exact) mass is 203 g/mol. The van der Waals surface area contributed by atoms with E-state index in [9.17, 15) is 0 Å². The third kappa shape index (κ3) is 1.85. The summed E-state index contributed by atoms with van der Waals surface area (Å²) in [7, 11) is 0. The Morgan fingerprint density at radius 2 is 2.00 bits per heavy atom. The highest BCUT2D eigenvalue weighted by Crippen LogP contribution is 2.24. The summed E-state index contributed by atoms with van der Waals surface area (Å²) in [6.45, 7) is 0.471. The third-order valence-corrected chi connectivity index (χ3v) is 2.28. The lowest BCUT2D eigenvalue weighted by Crippen LogP contribution is -2.07. The normalized spacial score (nSPS) is 10.5. The van der Waals surface area contributed by atoms with Crippen molar-refractivity contribution in [2.24, 2.45) is 0 Å². The van der Waals surface area contributed by atoms with E-state index in [0.29, 0.717) is 12.4 Å². The smallest absolute Gasteiger partial charge is 0.129 e. The van der Waals surface area contributed by atoms with Gasteiger partial charge in [-0.05, 0) is 5.56 Å². The van der Waals surface area contributed by atoms with Crippen LogP contribution in [0.15, 0.2) is 36.5 Å². The lowest BCUT2D eigenvalue weighted by Gasteiger charge is -2.02. The summed E-state index contributed by atoms with van der Waals surface area (Å²) in [6, 6.07) is 9.83. The number of anilines is 1. The summed E-state index contributed by atoms with van der Waals surface area (Å²) >= 11 is 0. The van der Waals surface area contributed by atoms with Gasteiger partial charge in [-0.2, -0.15) is 5.10 Å². The van der Waals surface area contributed by atoms with E-state index >= 15 is 0 Å². The van der Waals surface area contributed by atoms with E-state index in [0.717, 1.165) is 11.1 Å². The molecule has 1 aromatic carbocycles. The molecule has 2 rings (SSSR count). The average molecular weight is 203 g/mol. The van der Waals surface area contributed by atoms with E-state index in [-0.39, 0.29) is 6.61 Å². The predicted octanol–water partition coefficient (Wildman–Crippen LogP) is 1.12. The first-order valence-electron chi connectivity index (χ1n) is 4.80. The number of nitrogen functional groups attached to an aromatic ring is 1. The molecule has 0 saturated heterocycles. The molecule has 2 aromatic rings. The predicted molar refractivity (Wildman–Crippen MR) is 59.2 cm³/mol. The molecule has 0 saturated carbocycles. The molecule has 3 N–H and O–H groups in total. The number of nitrogens with two attached hydrogens (primary N) is 1. The summed E-state index contributed by atoms with van der Waals surface area (Å²) in [5, 5.41) is 12.9. The highest BCUT2D eigenvalue weighted by atomic mass is 16.3. The largest absolute Gasteiger partial charge is 0.394 e. The van der Waals surface area contributed by atoms with E-state index in [1.807, 2.05) is 30.3 Å². The molecule has 0 aliphatic heterocycles. The summed E-state index contributed by atoms with van der Waals surface area (Å²) in [5.41, 5.74) is 7.86. The molecule has 0 atom stereocenters. The van der Waals surface area contributed by atoms with Gasteiger partial charge in [-0.3, -0.25) is 0 Å². The molecule has 4 heteroatoms. The van der Waals surface area contributed by atoms with Crippen LogP contribution in [0.1, 0.15) is 0 Å². The topological polar surface area (TPSA) is 64.1 Å². The minimum atomic E-state index is 0.0418. The van der Waals surface area contributed by atoms with Crippen LogP contribution in [0.4, 0.5) is 5.82 Å². The van der Waals surface area contributed by atoms with Gasteiger partial charge in [-0.15, -0.1) is 0 Å². The van der Waals surface area contributed by atoms with Crippen LogP contribution in [0.5, 0.6) is 0 Å². The summed E-state index contributed by atoms with van der Waals surface area (Å²) in [4.78, 5) is 0. The first kappa shape index (κ1) is 9.73. The van der Waals surface area contributed by atoms with Crippen LogP contribution in [0, 0.1) is 0 Å². The van der Waals surface area contributed by atoms with Crippen LogP contribution in [-0.2, 0) is 6.54 Å². The first-order valence-corrected chi connectivity index (χ1v) is 4.80. The fraction of sp³-hybridized carbons (Fsp3) is 0.182. The van der Waals surface area contributed by atoms with Crippen LogP contribution in [0.3, 0.4) is 0 Å². The van der Waals surface area contributed by atoms with Crippen LogP contribution in [-0.4, -0.2) is 21.5 Å². The molecule has 0 aliphatic carbocycles. The van der Waals surface area contributed by atoms with Crippen molar-refractivity contribution in [3.63, 3.8) is 0 Å². The highest BCUT2D eigenvalue weighted by molar-refractivity contribution is 5.73. The van der Waals surface area contributed by atoms with Crippen molar-refractivity contribution in [2.75, 3.05) is 12.3 Å². The number of benzene rings is 1. The zero-order chi connectivity index (χ0) is 10.7. The molecule has 0 spiro atoms. The Morgan fingerprint density at radius 3 is 2.67 bits per heavy atom. The van der Waals surface area contributed by atoms with E-state index in [4.69, 9.17) is 10.8 Å². The SMILES string of the molecule is Nc1c(-c2ccccc2)cnn1CCO. The van der Waals surface area contributed by atoms with Crippen molar-refractivity contribution in [3.8, 4) is 11.1 Å². The Kier molecular flexibility index (Phi) is 2.69. The van der Waals surface area contributed by atoms with Crippen molar-refractivity contribution >= 4 is 5.82 Å². The van der Waals surface area contributed by atoms with Gasteiger partial charge in [-0.1, -0.05) is 30.3 Å². The number of hydrogen-bond acceptors (Lipinski definition) is 3. The molecule has 78 valence electrons. The second-order valence-corrected chi connectivity index (χ2v) is 3.26. The lowest BCUT2D eigenvalue weighted by atomic mass is 10.1. The molecule has 0 aliphatic rings. The first-order chi connectivity index (χ1) is 7.33. The average Bonchev–Trinajstić information content (AvgIpc) is 2.63. The Balaban J connectivity index is 2.38. The van der Waals surface area contributed by atoms with Gasteiger partial charge in [0.25, 0.3) is 0 Å². The van der Waals surface area contributed by atoms with Crippen molar-refractivity contribution < 1.29 is 5.11 Å². The molecule has 0 amide bonds. The number of rotatable bonds is 3. The molecule has 1 heterocycles. The van der Waals surface area contributed by atoms with Gasteiger partial charge in [0.2, 0.25) is 0 Å². The lowest BCUT2D eigenvalue weighted by molar-refractivity contribution is 0.270. The minimum Gasteiger partial charge on any atom is -0.394 e. The van der Waals surface area contributed by atoms with Crippen molar-refractivity contribution in [1.82, 2.24) is 9.78 Å². The van der Waals surface area contributed by atoms with Crippen LogP contribution in [0.2, 0.25) is 0 Å². The van der Waals surface area contributed by atoms with Crippen LogP contribution < -0.4 is 5.73 Å². The number of aliphatic hydroxyl groups is 1. The Bertz CT molecular complexity index is 436. The summed E-state index contributed by atoms with van der Waals surface area (Å²) in [5.74, 6) is 0.593. The summed E-state index contributed by atoms with van der Waals surface area (Å²) in [6.07, 6.45) is 1.72. The van der Waals surface area contributed by atoms with Gasteiger partial charge in [-0.25, -0.2) is 4.68 Å². The maximum Gasteiger partial charge on any atom is 0.129 e. The third-order valence-electron chi connectivity index (χ3n) is 2.28. The van der Waals surface area contributed by atoms with Gasteiger partial charge in [0.1, 0.15) is 5.82 Å². The molecule has 0 fully saturated rings. The van der Waals surface area contributed by atoms with Crippen molar-refractivity contribution in [1.29, 1.82) is 0 Å². The number of aliphatic hydroxyl groups excluding tert-OH is 1. The quantitative estimate of drug-likeness (QED) is 0.785. The number of nitrogens with zero attached hydrogens (tertiary/aromatic N) is 2. The van der Waals surface area contributed by atoms with E-state index in [1.54, 1.807) is 10.9 Å². The standard InChI is InChI=1S/C11H13N3O/c12-11-10(8-13-14(11)6-7-15)9-4-2-1-3-5-9/h1-5,8,15H,6-7,12H2. The van der Waals surface area contributed by atoms with Crippen LogP contribution in [0.25, 0.3) is 11.1 Å². The van der Waals surface area contributed by atoms with Gasteiger partial charge in [0.05, 0.1) is 19.3 Å². The van der Waals surface area contributed by atoms with Gasteiger partial charge < -0.3 is 10.8 Å². The molecular formula is C11H13N3O. The number of hydrogen-bond donors (Lipinski definition) is 2. The van der Waals surface area contributed by atoms with E-state index in [2.05, 4.69) is 5.10 Å². The van der Waals surface area contributed by atoms with Gasteiger partial charge >= 0.3 is 0 Å². The Labute approximate surface area is 88.0 Å². The molecule has 4 nitrogen and oxygen atoms in total. The highest BCUT2D eigenvalue weighted by Gasteiger charge is 2.07. The molecular weight excluding hydrogens is 190 g/mol. The molecule has 0 radical (unpaired) electrons. The fourth-order valence-electron chi connectivity index (χ4n) is 1.51. The fourth-order valence-corrected chi connectivity index (χ4v) is 1.51. The second kappa shape index (κ2) is 4.14. The molecule has 0 unspecified atom stereocenters.